The van der Waals surface area contributed by atoms with E-state index in [1.165, 1.54) is 33.4 Å². The molecule has 0 amide bonds. The number of nitrogens with zero attached hydrogens (tertiary/aromatic N) is 6. The number of hydrogen-bond acceptors (Lipinski definition) is 3. The van der Waals surface area contributed by atoms with Gasteiger partial charge in [-0.15, -0.1) is 0 Å². The van der Waals surface area contributed by atoms with Crippen LogP contribution in [0.25, 0.3) is 50.6 Å². The molecule has 6 nitrogen and oxygen atoms in total. The lowest BCUT2D eigenvalue weighted by Gasteiger charge is -2.25. The molecule has 6 heteroatoms. The fourth-order valence-electron chi connectivity index (χ4n) is 9.23. The molecule has 0 aliphatic heterocycles. The molecule has 4 aromatic heterocycles. The van der Waals surface area contributed by atoms with Crippen molar-refractivity contribution in [2.75, 3.05) is 0 Å². The number of para-hydroxylation sites is 3. The van der Waals surface area contributed by atoms with Gasteiger partial charge in [-0.25, -0.2) is 0 Å². The Balaban J connectivity index is 1.25. The molecular formula is C54H48N6. The second-order valence-electron chi connectivity index (χ2n) is 17.5. The maximum Gasteiger partial charge on any atom is 0.240 e. The minimum absolute atomic E-state index is 0.298. The average Bonchev–Trinajstić information content (AvgIpc) is 4.01. The molecule has 294 valence electrons. The van der Waals surface area contributed by atoms with Gasteiger partial charge in [-0.3, -0.25) is 13.7 Å². The molecule has 6 aromatic carbocycles. The van der Waals surface area contributed by atoms with E-state index in [0.29, 0.717) is 17.8 Å². The Morgan fingerprint density at radius 2 is 0.533 bits per heavy atom. The normalized spacial score (nSPS) is 12.5. The topological polar surface area (TPSA) is 53.5 Å². The van der Waals surface area contributed by atoms with Gasteiger partial charge >= 0.3 is 0 Å². The van der Waals surface area contributed by atoms with Gasteiger partial charge in [0.1, 0.15) is 0 Å². The molecule has 0 bridgehead atoms. The van der Waals surface area contributed by atoms with E-state index in [-0.39, 0.29) is 16.2 Å². The Morgan fingerprint density at radius 1 is 0.300 bits per heavy atom. The average molecular weight is 781 g/mol. The van der Waals surface area contributed by atoms with Crippen LogP contribution in [-0.2, 0) is 16.2 Å². The van der Waals surface area contributed by atoms with Crippen LogP contribution in [0.5, 0.6) is 0 Å². The van der Waals surface area contributed by atoms with Gasteiger partial charge in [0.15, 0.2) is 0 Å². The number of hydrogen-bond donors (Lipinski definition) is 0. The van der Waals surface area contributed by atoms with Crippen molar-refractivity contribution in [3.05, 3.63) is 216 Å². The predicted molar refractivity (Wildman–Crippen MR) is 246 cm³/mol. The Morgan fingerprint density at radius 3 is 0.800 bits per heavy atom. The molecule has 0 fully saturated rings. The Hall–Kier alpha value is -7.05. The monoisotopic (exact) mass is 780 g/mol. The van der Waals surface area contributed by atoms with Crippen molar-refractivity contribution < 1.29 is 0 Å². The minimum Gasteiger partial charge on any atom is -0.285 e. The zero-order valence-electron chi connectivity index (χ0n) is 35.0. The first-order valence-electron chi connectivity index (χ1n) is 20.8. The van der Waals surface area contributed by atoms with E-state index < -0.39 is 0 Å². The highest BCUT2D eigenvalue weighted by Gasteiger charge is 2.32. The summed E-state index contributed by atoms with van der Waals surface area (Å²) in [7, 11) is 0. The zero-order valence-corrected chi connectivity index (χ0v) is 35.0. The van der Waals surface area contributed by atoms with Gasteiger partial charge in [-0.1, -0.05) is 187 Å². The van der Waals surface area contributed by atoms with E-state index in [1.54, 1.807) is 0 Å². The van der Waals surface area contributed by atoms with Crippen LogP contribution in [0.1, 0.15) is 74.9 Å². The molecule has 10 aromatic rings. The third-order valence-corrected chi connectivity index (χ3v) is 12.9. The van der Waals surface area contributed by atoms with E-state index in [4.69, 9.17) is 15.0 Å². The molecule has 0 saturated carbocycles. The quantitative estimate of drug-likeness (QED) is 0.147. The molecule has 0 radical (unpaired) electrons. The second-order valence-corrected chi connectivity index (χ2v) is 17.5. The summed E-state index contributed by atoms with van der Waals surface area (Å²) in [5.74, 6) is 1.64. The smallest absolute Gasteiger partial charge is 0.240 e. The highest BCUT2D eigenvalue weighted by Crippen LogP contribution is 2.41. The van der Waals surface area contributed by atoms with E-state index in [2.05, 4.69) is 238 Å². The summed E-state index contributed by atoms with van der Waals surface area (Å²) < 4.78 is 6.47. The molecule has 60 heavy (non-hydrogen) atoms. The van der Waals surface area contributed by atoms with Crippen LogP contribution < -0.4 is 0 Å². The van der Waals surface area contributed by atoms with Crippen LogP contribution in [0.2, 0.25) is 0 Å². The zero-order chi connectivity index (χ0) is 41.2. The molecule has 0 saturated heterocycles. The lowest BCUT2D eigenvalue weighted by Crippen LogP contribution is -2.19. The fourth-order valence-corrected chi connectivity index (χ4v) is 9.23. The Labute approximate surface area is 351 Å². The van der Waals surface area contributed by atoms with Crippen LogP contribution >= 0.6 is 0 Å². The van der Waals surface area contributed by atoms with Crippen molar-refractivity contribution in [3.63, 3.8) is 0 Å². The highest BCUT2D eigenvalue weighted by molar-refractivity contribution is 5.89. The van der Waals surface area contributed by atoms with E-state index >= 15 is 0 Å². The summed E-state index contributed by atoms with van der Waals surface area (Å²) in [6.45, 7) is 13.8. The number of aromatic nitrogens is 6. The van der Waals surface area contributed by atoms with Crippen LogP contribution in [-0.4, -0.2) is 28.7 Å². The maximum atomic E-state index is 5.41. The molecule has 0 N–H and O–H groups in total. The van der Waals surface area contributed by atoms with Gasteiger partial charge in [0.2, 0.25) is 17.8 Å². The summed E-state index contributed by atoms with van der Waals surface area (Å²) in [6, 6.07) is 57.9. The number of fused-ring (bicyclic) bond motifs is 3. The van der Waals surface area contributed by atoms with Gasteiger partial charge < -0.3 is 0 Å². The predicted octanol–water partition coefficient (Wildman–Crippen LogP) is 12.7. The van der Waals surface area contributed by atoms with Crippen molar-refractivity contribution in [2.24, 2.45) is 0 Å². The highest BCUT2D eigenvalue weighted by atomic mass is 15.3. The summed E-state index contributed by atoms with van der Waals surface area (Å²) in [6.07, 6.45) is 6.70. The summed E-state index contributed by atoms with van der Waals surface area (Å²) in [4.78, 5) is 16.2. The molecule has 0 atom stereocenters. The van der Waals surface area contributed by atoms with Crippen LogP contribution in [0.4, 0.5) is 0 Å². The van der Waals surface area contributed by atoms with E-state index in [0.717, 1.165) is 32.7 Å². The van der Waals surface area contributed by atoms with Crippen molar-refractivity contribution in [3.8, 4) is 17.8 Å². The summed E-state index contributed by atoms with van der Waals surface area (Å²) in [5.41, 5.74) is 9.52. The second kappa shape index (κ2) is 14.1. The van der Waals surface area contributed by atoms with Crippen LogP contribution in [0.3, 0.4) is 0 Å². The van der Waals surface area contributed by atoms with Crippen molar-refractivity contribution >= 4 is 32.7 Å². The molecule has 4 heterocycles. The third-order valence-electron chi connectivity index (χ3n) is 12.9. The molecule has 0 aliphatic rings. The SMILES string of the molecule is CC(C)(c1ccccc1)c1cn(-c2nc(-n3cc(C(C)(C)c4ccccc4)c4ccccc43)nc(-n3cc(C(C)(C)c4ccccc4)c4ccccc43)n2)c2ccccc12. The van der Waals surface area contributed by atoms with Crippen LogP contribution in [0, 0.1) is 0 Å². The molecule has 10 rings (SSSR count). The number of benzene rings is 6. The van der Waals surface area contributed by atoms with Crippen molar-refractivity contribution in [1.82, 2.24) is 28.7 Å². The third kappa shape index (κ3) is 5.97. The van der Waals surface area contributed by atoms with E-state index in [1.807, 2.05) is 0 Å². The lowest BCUT2D eigenvalue weighted by molar-refractivity contribution is 0.643. The van der Waals surface area contributed by atoms with Gasteiger partial charge in [0, 0.05) is 51.0 Å². The van der Waals surface area contributed by atoms with Gasteiger partial charge in [-0.05, 0) is 51.6 Å². The molecular weight excluding hydrogens is 733 g/mol. The molecule has 0 aliphatic carbocycles. The van der Waals surface area contributed by atoms with Gasteiger partial charge in [0.05, 0.1) is 16.6 Å². The first-order chi connectivity index (χ1) is 29.0. The number of rotatable bonds is 9. The standard InChI is InChI=1S/C54H48N6/c1-52(2,37-22-10-7-11-23-37)43-34-58(46-31-19-16-28-40(43)46)49-55-50(59-35-44(41-29-17-20-32-47(41)59)53(3,4)38-24-12-8-13-25-38)57-51(56-49)60-36-45(42-30-18-21-33-48(42)60)54(5,6)39-26-14-9-15-27-39/h7-36H,1-6H3. The fraction of sp³-hybridized carbons (Fsp3) is 0.167. The van der Waals surface area contributed by atoms with Crippen molar-refractivity contribution in [1.29, 1.82) is 0 Å². The lowest BCUT2D eigenvalue weighted by atomic mass is 9.78. The molecule has 0 spiro atoms. The summed E-state index contributed by atoms with van der Waals surface area (Å²) >= 11 is 0. The van der Waals surface area contributed by atoms with Gasteiger partial charge in [0.25, 0.3) is 0 Å². The maximum absolute atomic E-state index is 5.41. The van der Waals surface area contributed by atoms with E-state index in [9.17, 15) is 0 Å². The van der Waals surface area contributed by atoms with Crippen LogP contribution in [0.15, 0.2) is 182 Å². The Kier molecular flexibility index (Phi) is 8.72. The first kappa shape index (κ1) is 37.2. The van der Waals surface area contributed by atoms with Crippen molar-refractivity contribution in [2.45, 2.75) is 57.8 Å². The van der Waals surface area contributed by atoms with Gasteiger partial charge in [-0.2, -0.15) is 15.0 Å². The largest absolute Gasteiger partial charge is 0.285 e. The Bertz CT molecular complexity index is 2810. The first-order valence-corrected chi connectivity index (χ1v) is 20.8. The molecule has 0 unspecified atom stereocenters. The summed E-state index contributed by atoms with van der Waals surface area (Å²) in [5, 5.41) is 3.48. The minimum atomic E-state index is -0.298.